The van der Waals surface area contributed by atoms with Crippen molar-refractivity contribution < 1.29 is 19.4 Å². The molecule has 1 aromatic rings. The van der Waals surface area contributed by atoms with Gasteiger partial charge in [-0.3, -0.25) is 4.79 Å². The Hall–Kier alpha value is -1.59. The van der Waals surface area contributed by atoms with Crippen LogP contribution in [0.4, 0.5) is 0 Å². The van der Waals surface area contributed by atoms with Gasteiger partial charge < -0.3 is 19.5 Å². The Balaban J connectivity index is 1.82. The van der Waals surface area contributed by atoms with Crippen molar-refractivity contribution in [3.8, 4) is 5.75 Å². The lowest BCUT2D eigenvalue weighted by Gasteiger charge is -2.34. The molecule has 23 heavy (non-hydrogen) atoms. The Morgan fingerprint density at radius 3 is 3.00 bits per heavy atom. The zero-order chi connectivity index (χ0) is 16.7. The van der Waals surface area contributed by atoms with E-state index >= 15 is 0 Å². The molecule has 1 atom stereocenters. The molecule has 0 spiro atoms. The van der Waals surface area contributed by atoms with Crippen LogP contribution in [0, 0.1) is 6.92 Å². The molecule has 1 amide bonds. The summed E-state index contributed by atoms with van der Waals surface area (Å²) in [6.45, 7) is 6.21. The largest absolute Gasteiger partial charge is 0.494 e. The van der Waals surface area contributed by atoms with Gasteiger partial charge in [-0.05, 0) is 43.9 Å². The van der Waals surface area contributed by atoms with Crippen LogP contribution in [-0.2, 0) is 16.0 Å². The molecule has 0 radical (unpaired) electrons. The first-order chi connectivity index (χ1) is 11.2. The van der Waals surface area contributed by atoms with Gasteiger partial charge in [-0.15, -0.1) is 0 Å². The van der Waals surface area contributed by atoms with Crippen LogP contribution >= 0.6 is 0 Å². The molecular formula is C18H27NO4. The second-order valence-corrected chi connectivity index (χ2v) is 5.88. The van der Waals surface area contributed by atoms with E-state index < -0.39 is 0 Å². The van der Waals surface area contributed by atoms with Crippen LogP contribution in [0.3, 0.4) is 0 Å². The second-order valence-electron chi connectivity index (χ2n) is 5.88. The third-order valence-electron chi connectivity index (χ3n) is 4.15. The van der Waals surface area contributed by atoms with Gasteiger partial charge in [-0.1, -0.05) is 12.1 Å². The van der Waals surface area contributed by atoms with E-state index in [2.05, 4.69) is 12.1 Å². The van der Waals surface area contributed by atoms with Crippen LogP contribution in [0.15, 0.2) is 18.2 Å². The van der Waals surface area contributed by atoms with E-state index in [0.717, 1.165) is 24.2 Å². The number of rotatable bonds is 7. The maximum atomic E-state index is 12.3. The fourth-order valence-corrected chi connectivity index (χ4v) is 2.91. The molecule has 1 saturated heterocycles. The van der Waals surface area contributed by atoms with Crippen LogP contribution in [0.5, 0.6) is 5.75 Å². The highest BCUT2D eigenvalue weighted by molar-refractivity contribution is 5.76. The van der Waals surface area contributed by atoms with Crippen molar-refractivity contribution >= 4 is 5.91 Å². The Morgan fingerprint density at radius 2 is 2.30 bits per heavy atom. The molecule has 1 aliphatic heterocycles. The predicted octanol–water partition coefficient (Wildman–Crippen LogP) is 1.94. The molecule has 1 aliphatic rings. The molecule has 0 saturated carbocycles. The highest BCUT2D eigenvalue weighted by Gasteiger charge is 2.26. The first-order valence-corrected chi connectivity index (χ1v) is 8.36. The molecule has 0 aliphatic carbocycles. The average molecular weight is 321 g/mol. The lowest BCUT2D eigenvalue weighted by atomic mass is 10.0. The van der Waals surface area contributed by atoms with E-state index in [1.54, 1.807) is 4.90 Å². The van der Waals surface area contributed by atoms with Crippen molar-refractivity contribution in [3.05, 3.63) is 29.3 Å². The molecular weight excluding hydrogens is 294 g/mol. The number of ether oxygens (including phenoxy) is 2. The van der Waals surface area contributed by atoms with Gasteiger partial charge in [0, 0.05) is 13.0 Å². The molecule has 1 aromatic carbocycles. The van der Waals surface area contributed by atoms with Gasteiger partial charge in [0.2, 0.25) is 5.91 Å². The average Bonchev–Trinajstić information content (AvgIpc) is 2.57. The minimum absolute atomic E-state index is 0.0379. The summed E-state index contributed by atoms with van der Waals surface area (Å²) in [5.74, 6) is 1.03. The summed E-state index contributed by atoms with van der Waals surface area (Å²) < 4.78 is 10.8. The molecule has 1 fully saturated rings. The van der Waals surface area contributed by atoms with E-state index in [4.69, 9.17) is 9.47 Å². The van der Waals surface area contributed by atoms with E-state index in [1.165, 1.54) is 5.56 Å². The SMILES string of the molecule is CCOc1ccc(CCCC(=O)N2CCOC[C@@H]2CO)cc1C. The topological polar surface area (TPSA) is 59.0 Å². The van der Waals surface area contributed by atoms with Crippen molar-refractivity contribution in [1.29, 1.82) is 0 Å². The van der Waals surface area contributed by atoms with E-state index in [0.29, 0.717) is 32.8 Å². The van der Waals surface area contributed by atoms with Gasteiger partial charge in [0.1, 0.15) is 5.75 Å². The minimum Gasteiger partial charge on any atom is -0.494 e. The maximum absolute atomic E-state index is 12.3. The molecule has 5 heteroatoms. The number of carbonyl (C=O) groups is 1. The number of aryl methyl sites for hydroxylation is 2. The standard InChI is InChI=1S/C18H27NO4/c1-3-23-17-8-7-15(11-14(17)2)5-4-6-18(21)19-9-10-22-13-16(19)12-20/h7-8,11,16,20H,3-6,9-10,12-13H2,1-2H3/t16-/m0/s1. The molecule has 0 aromatic heterocycles. The predicted molar refractivity (Wildman–Crippen MR) is 88.7 cm³/mol. The monoisotopic (exact) mass is 321 g/mol. The van der Waals surface area contributed by atoms with E-state index in [-0.39, 0.29) is 18.6 Å². The van der Waals surface area contributed by atoms with Crippen molar-refractivity contribution in [3.63, 3.8) is 0 Å². The summed E-state index contributed by atoms with van der Waals surface area (Å²) in [6.07, 6.45) is 2.18. The number of amides is 1. The fourth-order valence-electron chi connectivity index (χ4n) is 2.91. The zero-order valence-corrected chi connectivity index (χ0v) is 14.1. The minimum atomic E-state index is -0.191. The lowest BCUT2D eigenvalue weighted by molar-refractivity contribution is -0.141. The van der Waals surface area contributed by atoms with Gasteiger partial charge in [0.25, 0.3) is 0 Å². The quantitative estimate of drug-likeness (QED) is 0.834. The number of morpholine rings is 1. The number of nitrogens with zero attached hydrogens (tertiary/aromatic N) is 1. The van der Waals surface area contributed by atoms with Crippen LogP contribution in [0.25, 0.3) is 0 Å². The van der Waals surface area contributed by atoms with E-state index in [1.807, 2.05) is 19.9 Å². The number of carbonyl (C=O) groups excluding carboxylic acids is 1. The second kappa shape index (κ2) is 8.89. The summed E-state index contributed by atoms with van der Waals surface area (Å²) >= 11 is 0. The fraction of sp³-hybridized carbons (Fsp3) is 0.611. The Morgan fingerprint density at radius 1 is 1.48 bits per heavy atom. The van der Waals surface area contributed by atoms with Gasteiger partial charge in [-0.25, -0.2) is 0 Å². The van der Waals surface area contributed by atoms with Crippen molar-refractivity contribution in [2.75, 3.05) is 33.0 Å². The third kappa shape index (κ3) is 4.94. The smallest absolute Gasteiger partial charge is 0.223 e. The Kier molecular flexibility index (Phi) is 6.86. The van der Waals surface area contributed by atoms with Crippen molar-refractivity contribution in [2.24, 2.45) is 0 Å². The zero-order valence-electron chi connectivity index (χ0n) is 14.1. The molecule has 1 N–H and O–H groups in total. The van der Waals surface area contributed by atoms with Gasteiger partial charge in [-0.2, -0.15) is 0 Å². The Labute approximate surface area is 138 Å². The summed E-state index contributed by atoms with van der Waals surface area (Å²) in [6, 6.07) is 6.00. The number of hydrogen-bond acceptors (Lipinski definition) is 4. The molecule has 0 unspecified atom stereocenters. The first-order valence-electron chi connectivity index (χ1n) is 8.36. The van der Waals surface area contributed by atoms with Crippen LogP contribution < -0.4 is 4.74 Å². The van der Waals surface area contributed by atoms with Crippen LogP contribution in [0.2, 0.25) is 0 Å². The number of aliphatic hydroxyl groups is 1. The lowest BCUT2D eigenvalue weighted by Crippen LogP contribution is -2.50. The van der Waals surface area contributed by atoms with Crippen LogP contribution in [-0.4, -0.2) is 54.9 Å². The number of hydrogen-bond donors (Lipinski definition) is 1. The number of benzene rings is 1. The Bertz CT molecular complexity index is 518. The van der Waals surface area contributed by atoms with Crippen molar-refractivity contribution in [2.45, 2.75) is 39.2 Å². The van der Waals surface area contributed by atoms with Crippen molar-refractivity contribution in [1.82, 2.24) is 4.90 Å². The summed E-state index contributed by atoms with van der Waals surface area (Å²) in [5.41, 5.74) is 2.35. The molecule has 1 heterocycles. The normalized spacial score (nSPS) is 18.0. The van der Waals surface area contributed by atoms with Crippen LogP contribution in [0.1, 0.15) is 30.9 Å². The molecule has 2 rings (SSSR count). The first kappa shape index (κ1) is 17.8. The molecule has 128 valence electrons. The molecule has 0 bridgehead atoms. The molecule has 5 nitrogen and oxygen atoms in total. The van der Waals surface area contributed by atoms with E-state index in [9.17, 15) is 9.90 Å². The highest BCUT2D eigenvalue weighted by Crippen LogP contribution is 2.20. The summed E-state index contributed by atoms with van der Waals surface area (Å²) in [7, 11) is 0. The van der Waals surface area contributed by atoms with Gasteiger partial charge in [0.05, 0.1) is 32.5 Å². The third-order valence-corrected chi connectivity index (χ3v) is 4.15. The van der Waals surface area contributed by atoms with Gasteiger partial charge >= 0.3 is 0 Å². The summed E-state index contributed by atoms with van der Waals surface area (Å²) in [5, 5.41) is 9.33. The van der Waals surface area contributed by atoms with Gasteiger partial charge in [0.15, 0.2) is 0 Å². The highest BCUT2D eigenvalue weighted by atomic mass is 16.5. The summed E-state index contributed by atoms with van der Waals surface area (Å²) in [4.78, 5) is 14.1. The maximum Gasteiger partial charge on any atom is 0.223 e. The number of aliphatic hydroxyl groups excluding tert-OH is 1.